The van der Waals surface area contributed by atoms with E-state index in [0.717, 1.165) is 29.7 Å². The first-order chi connectivity index (χ1) is 14.4. The SMILES string of the molecule is O=C(COc1ccc(Cl)cc1)Nc1sc2c(c1S(=O)(=O)c1ccccc1)CCCC2. The van der Waals surface area contributed by atoms with Crippen LogP contribution in [0.3, 0.4) is 0 Å². The molecule has 1 amide bonds. The Balaban J connectivity index is 1.61. The van der Waals surface area contributed by atoms with Crippen molar-refractivity contribution < 1.29 is 17.9 Å². The number of hydrogen-bond donors (Lipinski definition) is 1. The van der Waals surface area contributed by atoms with Gasteiger partial charge in [-0.25, -0.2) is 8.42 Å². The van der Waals surface area contributed by atoms with Gasteiger partial charge in [0.1, 0.15) is 15.6 Å². The molecule has 0 bridgehead atoms. The lowest BCUT2D eigenvalue weighted by Gasteiger charge is -2.14. The number of ether oxygens (including phenoxy) is 1. The molecule has 30 heavy (non-hydrogen) atoms. The summed E-state index contributed by atoms with van der Waals surface area (Å²) >= 11 is 7.20. The molecule has 0 radical (unpaired) electrons. The summed E-state index contributed by atoms with van der Waals surface area (Å²) in [5.41, 5.74) is 0.837. The van der Waals surface area contributed by atoms with Crippen molar-refractivity contribution in [2.75, 3.05) is 11.9 Å². The lowest BCUT2D eigenvalue weighted by molar-refractivity contribution is -0.118. The molecule has 3 aromatic rings. The van der Waals surface area contributed by atoms with Crippen LogP contribution in [0.1, 0.15) is 23.3 Å². The molecule has 156 valence electrons. The minimum atomic E-state index is -3.75. The molecule has 4 rings (SSSR count). The number of amides is 1. The molecule has 0 fully saturated rings. The molecule has 1 aliphatic rings. The monoisotopic (exact) mass is 461 g/mol. The van der Waals surface area contributed by atoms with Gasteiger partial charge in [0.15, 0.2) is 6.61 Å². The first kappa shape index (κ1) is 20.9. The van der Waals surface area contributed by atoms with Crippen LogP contribution in [0.4, 0.5) is 5.00 Å². The van der Waals surface area contributed by atoms with E-state index >= 15 is 0 Å². The van der Waals surface area contributed by atoms with E-state index in [1.54, 1.807) is 54.6 Å². The van der Waals surface area contributed by atoms with Crippen LogP contribution >= 0.6 is 22.9 Å². The van der Waals surface area contributed by atoms with E-state index in [1.807, 2.05) is 0 Å². The Morgan fingerprint density at radius 1 is 1.03 bits per heavy atom. The van der Waals surface area contributed by atoms with Crippen LogP contribution in [0, 0.1) is 0 Å². The van der Waals surface area contributed by atoms with Crippen LogP contribution in [0.2, 0.25) is 5.02 Å². The fourth-order valence-electron chi connectivity index (χ4n) is 3.46. The Labute approximate surface area is 184 Å². The molecule has 1 aliphatic carbocycles. The van der Waals surface area contributed by atoms with Crippen LogP contribution in [-0.4, -0.2) is 20.9 Å². The second kappa shape index (κ2) is 8.79. The van der Waals surface area contributed by atoms with Gasteiger partial charge in [-0.05, 0) is 67.6 Å². The maximum Gasteiger partial charge on any atom is 0.262 e. The number of carbonyl (C=O) groups excluding carboxylic acids is 1. The Kier molecular flexibility index (Phi) is 6.13. The third-order valence-corrected chi connectivity index (χ3v) is 8.35. The van der Waals surface area contributed by atoms with E-state index < -0.39 is 15.7 Å². The summed E-state index contributed by atoms with van der Waals surface area (Å²) in [5.74, 6) is 0.102. The highest BCUT2D eigenvalue weighted by Gasteiger charge is 2.31. The average Bonchev–Trinajstić information content (AvgIpc) is 3.12. The normalized spacial score (nSPS) is 13.5. The summed E-state index contributed by atoms with van der Waals surface area (Å²) in [6.07, 6.45) is 3.48. The Hall–Kier alpha value is -2.35. The van der Waals surface area contributed by atoms with E-state index in [0.29, 0.717) is 22.2 Å². The molecule has 0 spiro atoms. The van der Waals surface area contributed by atoms with Gasteiger partial charge in [0, 0.05) is 9.90 Å². The molecular weight excluding hydrogens is 442 g/mol. The molecule has 5 nitrogen and oxygen atoms in total. The van der Waals surface area contributed by atoms with E-state index in [2.05, 4.69) is 5.32 Å². The molecule has 0 saturated heterocycles. The predicted octanol–water partition coefficient (Wildman–Crippen LogP) is 5.13. The zero-order chi connectivity index (χ0) is 21.1. The molecule has 0 aliphatic heterocycles. The van der Waals surface area contributed by atoms with E-state index in [-0.39, 0.29) is 16.4 Å². The zero-order valence-electron chi connectivity index (χ0n) is 16.1. The summed E-state index contributed by atoms with van der Waals surface area (Å²) < 4.78 is 32.3. The molecule has 1 aromatic heterocycles. The molecular formula is C22H20ClNO4S2. The van der Waals surface area contributed by atoms with E-state index in [1.165, 1.54) is 11.3 Å². The molecule has 0 unspecified atom stereocenters. The molecule has 2 aromatic carbocycles. The van der Waals surface area contributed by atoms with Crippen molar-refractivity contribution in [1.82, 2.24) is 0 Å². The zero-order valence-corrected chi connectivity index (χ0v) is 18.4. The van der Waals surface area contributed by atoms with Crippen molar-refractivity contribution in [2.45, 2.75) is 35.5 Å². The lowest BCUT2D eigenvalue weighted by Crippen LogP contribution is -2.21. The van der Waals surface area contributed by atoms with Gasteiger partial charge in [-0.2, -0.15) is 0 Å². The highest BCUT2D eigenvalue weighted by molar-refractivity contribution is 7.92. The van der Waals surface area contributed by atoms with E-state index in [4.69, 9.17) is 16.3 Å². The van der Waals surface area contributed by atoms with Gasteiger partial charge in [0.05, 0.1) is 4.90 Å². The van der Waals surface area contributed by atoms with Crippen molar-refractivity contribution in [3.05, 3.63) is 70.1 Å². The van der Waals surface area contributed by atoms with Crippen LogP contribution in [-0.2, 0) is 27.5 Å². The van der Waals surface area contributed by atoms with Crippen molar-refractivity contribution >= 4 is 43.7 Å². The number of thiophene rings is 1. The number of rotatable bonds is 6. The minimum Gasteiger partial charge on any atom is -0.484 e. The van der Waals surface area contributed by atoms with Crippen molar-refractivity contribution in [1.29, 1.82) is 0 Å². The predicted molar refractivity (Wildman–Crippen MR) is 118 cm³/mol. The van der Waals surface area contributed by atoms with Crippen LogP contribution in [0.25, 0.3) is 0 Å². The number of fused-ring (bicyclic) bond motifs is 1. The Morgan fingerprint density at radius 2 is 1.73 bits per heavy atom. The fraction of sp³-hybridized carbons (Fsp3) is 0.227. The topological polar surface area (TPSA) is 72.5 Å². The van der Waals surface area contributed by atoms with E-state index in [9.17, 15) is 13.2 Å². The largest absolute Gasteiger partial charge is 0.484 e. The maximum absolute atomic E-state index is 13.4. The first-order valence-electron chi connectivity index (χ1n) is 9.58. The summed E-state index contributed by atoms with van der Waals surface area (Å²) in [7, 11) is -3.75. The van der Waals surface area contributed by atoms with Gasteiger partial charge in [-0.1, -0.05) is 29.8 Å². The Morgan fingerprint density at radius 3 is 2.47 bits per heavy atom. The molecule has 0 atom stereocenters. The van der Waals surface area contributed by atoms with Crippen molar-refractivity contribution in [3.8, 4) is 5.75 Å². The van der Waals surface area contributed by atoms with Crippen LogP contribution in [0.15, 0.2) is 64.4 Å². The number of hydrogen-bond acceptors (Lipinski definition) is 5. The number of anilines is 1. The number of sulfone groups is 1. The summed E-state index contributed by atoms with van der Waals surface area (Å²) in [6, 6.07) is 15.0. The highest BCUT2D eigenvalue weighted by Crippen LogP contribution is 2.43. The van der Waals surface area contributed by atoms with Gasteiger partial charge in [-0.3, -0.25) is 4.79 Å². The maximum atomic E-state index is 13.4. The lowest BCUT2D eigenvalue weighted by atomic mass is 9.99. The van der Waals surface area contributed by atoms with Crippen molar-refractivity contribution in [2.24, 2.45) is 0 Å². The summed E-state index contributed by atoms with van der Waals surface area (Å²) in [6.45, 7) is -0.227. The third kappa shape index (κ3) is 4.38. The molecule has 0 saturated carbocycles. The number of halogens is 1. The number of nitrogens with one attached hydrogen (secondary N) is 1. The third-order valence-electron chi connectivity index (χ3n) is 4.88. The highest BCUT2D eigenvalue weighted by atomic mass is 35.5. The standard InChI is InChI=1S/C22H20ClNO4S2/c23-15-10-12-16(13-11-15)28-14-20(25)24-22-21(18-8-4-5-9-19(18)29-22)30(26,27)17-6-2-1-3-7-17/h1-3,6-7,10-13H,4-5,8-9,14H2,(H,24,25). The van der Waals surface area contributed by atoms with Gasteiger partial charge in [-0.15, -0.1) is 11.3 Å². The van der Waals surface area contributed by atoms with Gasteiger partial charge in [0.2, 0.25) is 9.84 Å². The van der Waals surface area contributed by atoms with Crippen molar-refractivity contribution in [3.63, 3.8) is 0 Å². The first-order valence-corrected chi connectivity index (χ1v) is 12.3. The second-order valence-electron chi connectivity index (χ2n) is 6.98. The molecule has 1 N–H and O–H groups in total. The fourth-order valence-corrected chi connectivity index (χ4v) is 6.90. The molecule has 1 heterocycles. The smallest absolute Gasteiger partial charge is 0.262 e. The quantitative estimate of drug-likeness (QED) is 0.552. The van der Waals surface area contributed by atoms with Gasteiger partial charge < -0.3 is 10.1 Å². The number of aryl methyl sites for hydroxylation is 1. The summed E-state index contributed by atoms with van der Waals surface area (Å²) in [4.78, 5) is 14.0. The second-order valence-corrected chi connectivity index (χ2v) is 10.4. The van der Waals surface area contributed by atoms with Crippen LogP contribution < -0.4 is 10.1 Å². The number of benzene rings is 2. The average molecular weight is 462 g/mol. The van der Waals surface area contributed by atoms with Gasteiger partial charge in [0.25, 0.3) is 5.91 Å². The van der Waals surface area contributed by atoms with Crippen LogP contribution in [0.5, 0.6) is 5.75 Å². The summed E-state index contributed by atoms with van der Waals surface area (Å²) in [5, 5.41) is 3.72. The minimum absolute atomic E-state index is 0.226. The van der Waals surface area contributed by atoms with Gasteiger partial charge >= 0.3 is 0 Å². The Bertz CT molecular complexity index is 1160. The number of carbonyl (C=O) groups is 1. The molecule has 8 heteroatoms.